The highest BCUT2D eigenvalue weighted by molar-refractivity contribution is 5.88. The number of hydrogen-bond acceptors (Lipinski definition) is 6. The molecule has 1 aliphatic rings. The lowest BCUT2D eigenvalue weighted by molar-refractivity contribution is -0.137. The monoisotopic (exact) mass is 397 g/mol. The highest BCUT2D eigenvalue weighted by Crippen LogP contribution is 2.33. The summed E-state index contributed by atoms with van der Waals surface area (Å²) < 4.78 is 5.97. The Morgan fingerprint density at radius 2 is 1.90 bits per heavy atom. The Labute approximate surface area is 170 Å². The third kappa shape index (κ3) is 5.29. The molecule has 2 aromatic rings. The largest absolute Gasteiger partial charge is 0.437 e. The number of carbonyl (C=O) groups excluding carboxylic acids is 2. The first-order valence-electron chi connectivity index (χ1n) is 9.68. The van der Waals surface area contributed by atoms with E-state index in [-0.39, 0.29) is 17.7 Å². The number of nitrogens with zero attached hydrogens (tertiary/aromatic N) is 3. The van der Waals surface area contributed by atoms with Crippen LogP contribution in [0.1, 0.15) is 45.2 Å². The Morgan fingerprint density at radius 1 is 1.21 bits per heavy atom. The third-order valence-electron chi connectivity index (χ3n) is 4.73. The zero-order chi connectivity index (χ0) is 21.0. The molecule has 1 aromatic carbocycles. The number of aromatic nitrogens is 2. The zero-order valence-electron chi connectivity index (χ0n) is 17.0. The van der Waals surface area contributed by atoms with Gasteiger partial charge in [-0.25, -0.2) is 4.98 Å². The fraction of sp³-hybridized carbons (Fsp3) is 0.429. The second-order valence-corrected chi connectivity index (χ2v) is 7.87. The maximum atomic E-state index is 12.6. The van der Waals surface area contributed by atoms with E-state index in [9.17, 15) is 9.59 Å². The van der Waals surface area contributed by atoms with Gasteiger partial charge in [-0.15, -0.1) is 0 Å². The number of piperidine rings is 1. The summed E-state index contributed by atoms with van der Waals surface area (Å²) in [6.07, 6.45) is 4.98. The SMILES string of the molecule is CC(=O)Nc1ccc(Oc2nccnc2[C@H]2CCCN(C(=O)C(C)(C)N)C2)cc1. The van der Waals surface area contributed by atoms with E-state index in [1.54, 1.807) is 55.4 Å². The van der Waals surface area contributed by atoms with E-state index in [1.165, 1.54) is 6.92 Å². The summed E-state index contributed by atoms with van der Waals surface area (Å²) in [5.41, 5.74) is 6.51. The van der Waals surface area contributed by atoms with Crippen LogP contribution in [0, 0.1) is 0 Å². The molecule has 0 aliphatic carbocycles. The number of nitrogens with one attached hydrogen (secondary N) is 1. The molecule has 0 radical (unpaired) electrons. The van der Waals surface area contributed by atoms with Crippen LogP contribution < -0.4 is 15.8 Å². The maximum Gasteiger partial charge on any atom is 0.242 e. The minimum Gasteiger partial charge on any atom is -0.437 e. The predicted molar refractivity (Wildman–Crippen MR) is 110 cm³/mol. The van der Waals surface area contributed by atoms with Crippen molar-refractivity contribution < 1.29 is 14.3 Å². The summed E-state index contributed by atoms with van der Waals surface area (Å²) in [6.45, 7) is 6.13. The van der Waals surface area contributed by atoms with Crippen LogP contribution >= 0.6 is 0 Å². The summed E-state index contributed by atoms with van der Waals surface area (Å²) in [7, 11) is 0. The molecular formula is C21H27N5O3. The average molecular weight is 397 g/mol. The fourth-order valence-electron chi connectivity index (χ4n) is 3.41. The molecular weight excluding hydrogens is 370 g/mol. The standard InChI is InChI=1S/C21H27N5O3/c1-14(27)25-16-6-8-17(9-7-16)29-19-18(23-10-11-24-19)15-5-4-12-26(13-15)20(28)21(2,3)22/h6-11,15H,4-5,12-13,22H2,1-3H3,(H,25,27)/t15-/m0/s1. The lowest BCUT2D eigenvalue weighted by Crippen LogP contribution is -2.53. The molecule has 3 N–H and O–H groups in total. The molecule has 0 bridgehead atoms. The van der Waals surface area contributed by atoms with Crippen molar-refractivity contribution in [2.45, 2.75) is 45.1 Å². The van der Waals surface area contributed by atoms with E-state index in [0.29, 0.717) is 30.4 Å². The van der Waals surface area contributed by atoms with E-state index in [1.807, 2.05) is 0 Å². The molecule has 2 amide bonds. The summed E-state index contributed by atoms with van der Waals surface area (Å²) in [6, 6.07) is 7.04. The van der Waals surface area contributed by atoms with Crippen molar-refractivity contribution in [2.24, 2.45) is 5.73 Å². The van der Waals surface area contributed by atoms with Crippen molar-refractivity contribution in [2.75, 3.05) is 18.4 Å². The van der Waals surface area contributed by atoms with Gasteiger partial charge in [-0.1, -0.05) is 0 Å². The van der Waals surface area contributed by atoms with Crippen LogP contribution in [-0.2, 0) is 9.59 Å². The second kappa shape index (κ2) is 8.57. The van der Waals surface area contributed by atoms with Gasteiger partial charge in [0.25, 0.3) is 0 Å². The zero-order valence-corrected chi connectivity index (χ0v) is 17.0. The van der Waals surface area contributed by atoms with E-state index >= 15 is 0 Å². The van der Waals surface area contributed by atoms with Gasteiger partial charge < -0.3 is 20.7 Å². The highest BCUT2D eigenvalue weighted by Gasteiger charge is 2.33. The highest BCUT2D eigenvalue weighted by atomic mass is 16.5. The Balaban J connectivity index is 1.76. The van der Waals surface area contributed by atoms with E-state index in [0.717, 1.165) is 18.5 Å². The number of likely N-dealkylation sites (tertiary alicyclic amines) is 1. The van der Waals surface area contributed by atoms with Crippen molar-refractivity contribution in [3.8, 4) is 11.6 Å². The lowest BCUT2D eigenvalue weighted by Gasteiger charge is -2.36. The molecule has 1 aliphatic heterocycles. The molecule has 8 heteroatoms. The van der Waals surface area contributed by atoms with Crippen LogP contribution in [0.2, 0.25) is 0 Å². The van der Waals surface area contributed by atoms with Gasteiger partial charge >= 0.3 is 0 Å². The van der Waals surface area contributed by atoms with Crippen molar-refractivity contribution >= 4 is 17.5 Å². The Kier molecular flexibility index (Phi) is 6.12. The number of rotatable bonds is 5. The summed E-state index contributed by atoms with van der Waals surface area (Å²) >= 11 is 0. The van der Waals surface area contributed by atoms with Crippen LogP contribution in [0.3, 0.4) is 0 Å². The van der Waals surface area contributed by atoms with Crippen LogP contribution in [0.4, 0.5) is 5.69 Å². The molecule has 0 spiro atoms. The van der Waals surface area contributed by atoms with Crippen molar-refractivity contribution in [3.05, 3.63) is 42.4 Å². The number of carbonyl (C=O) groups is 2. The minimum atomic E-state index is -0.904. The normalized spacial score (nSPS) is 17.0. The molecule has 0 saturated carbocycles. The number of nitrogens with two attached hydrogens (primary N) is 1. The van der Waals surface area contributed by atoms with Crippen LogP contribution in [0.15, 0.2) is 36.7 Å². The van der Waals surface area contributed by atoms with Gasteiger partial charge in [-0.05, 0) is 51.0 Å². The van der Waals surface area contributed by atoms with E-state index in [2.05, 4.69) is 15.3 Å². The number of ether oxygens (including phenoxy) is 1. The number of benzene rings is 1. The average Bonchev–Trinajstić information content (AvgIpc) is 2.68. The van der Waals surface area contributed by atoms with Crippen LogP contribution in [0.25, 0.3) is 0 Å². The van der Waals surface area contributed by atoms with Gasteiger partial charge in [0.15, 0.2) is 0 Å². The molecule has 2 heterocycles. The quantitative estimate of drug-likeness (QED) is 0.802. The topological polar surface area (TPSA) is 110 Å². The molecule has 0 unspecified atom stereocenters. The Hall–Kier alpha value is -3.00. The minimum absolute atomic E-state index is 0.0254. The molecule has 1 fully saturated rings. The molecule has 1 aromatic heterocycles. The van der Waals surface area contributed by atoms with E-state index < -0.39 is 5.54 Å². The molecule has 1 saturated heterocycles. The molecule has 154 valence electrons. The second-order valence-electron chi connectivity index (χ2n) is 7.87. The smallest absolute Gasteiger partial charge is 0.242 e. The van der Waals surface area contributed by atoms with Gasteiger partial charge in [0.2, 0.25) is 17.7 Å². The first kappa shape index (κ1) is 20.7. The molecule has 1 atom stereocenters. The van der Waals surface area contributed by atoms with Gasteiger partial charge in [0, 0.05) is 44.0 Å². The molecule has 29 heavy (non-hydrogen) atoms. The van der Waals surface area contributed by atoms with Crippen LogP contribution in [-0.4, -0.2) is 45.3 Å². The van der Waals surface area contributed by atoms with Crippen molar-refractivity contribution in [3.63, 3.8) is 0 Å². The fourth-order valence-corrected chi connectivity index (χ4v) is 3.41. The Morgan fingerprint density at radius 3 is 2.55 bits per heavy atom. The van der Waals surface area contributed by atoms with Gasteiger partial charge in [0.05, 0.1) is 5.54 Å². The molecule has 3 rings (SSSR count). The predicted octanol–water partition coefficient (Wildman–Crippen LogP) is 2.67. The summed E-state index contributed by atoms with van der Waals surface area (Å²) in [5.74, 6) is 0.838. The first-order chi connectivity index (χ1) is 13.7. The van der Waals surface area contributed by atoms with E-state index in [4.69, 9.17) is 10.5 Å². The van der Waals surface area contributed by atoms with Crippen molar-refractivity contribution in [1.82, 2.24) is 14.9 Å². The van der Waals surface area contributed by atoms with Gasteiger partial charge in [-0.3, -0.25) is 14.6 Å². The Bertz CT molecular complexity index is 877. The van der Waals surface area contributed by atoms with Crippen LogP contribution in [0.5, 0.6) is 11.6 Å². The first-order valence-corrected chi connectivity index (χ1v) is 9.68. The number of hydrogen-bond donors (Lipinski definition) is 2. The van der Waals surface area contributed by atoms with Crippen molar-refractivity contribution in [1.29, 1.82) is 0 Å². The lowest BCUT2D eigenvalue weighted by atomic mass is 9.93. The summed E-state index contributed by atoms with van der Waals surface area (Å²) in [4.78, 5) is 34.4. The number of anilines is 1. The summed E-state index contributed by atoms with van der Waals surface area (Å²) in [5, 5.41) is 2.72. The van der Waals surface area contributed by atoms with Gasteiger partial charge in [-0.2, -0.15) is 0 Å². The van der Waals surface area contributed by atoms with Gasteiger partial charge in [0.1, 0.15) is 11.4 Å². The maximum absolute atomic E-state index is 12.6. The third-order valence-corrected chi connectivity index (χ3v) is 4.73. The number of amides is 2. The molecule has 8 nitrogen and oxygen atoms in total.